The van der Waals surface area contributed by atoms with Gasteiger partial charge in [0.1, 0.15) is 0 Å². The fraction of sp³-hybridized carbons (Fsp3) is 1.00. The van der Waals surface area contributed by atoms with Gasteiger partial charge in [-0.15, -0.1) is 0 Å². The molecule has 0 radical (unpaired) electrons. The topological polar surface area (TPSA) is 0 Å². The van der Waals surface area contributed by atoms with Crippen LogP contribution in [0.2, 0.25) is 0 Å². The van der Waals surface area contributed by atoms with Crippen molar-refractivity contribution in [3.8, 4) is 0 Å². The second-order valence-corrected chi connectivity index (χ2v) is 3.09. The SMILES string of the molecule is CC.CCC1CC(F)(F)C(F)(F)C1. The Hall–Kier alpha value is -0.280. The van der Waals surface area contributed by atoms with Gasteiger partial charge in [0.2, 0.25) is 0 Å². The molecule has 0 nitrogen and oxygen atoms in total. The molecule has 0 aliphatic heterocycles. The molecule has 0 amide bonds. The molecular formula is C9H16F4. The number of alkyl halides is 4. The zero-order valence-electron chi connectivity index (χ0n) is 8.21. The molecule has 4 heteroatoms. The molecule has 0 N–H and O–H groups in total. The van der Waals surface area contributed by atoms with E-state index in [2.05, 4.69) is 0 Å². The zero-order chi connectivity index (χ0) is 10.7. The summed E-state index contributed by atoms with van der Waals surface area (Å²) in [5, 5.41) is 0. The predicted molar refractivity (Wildman–Crippen MR) is 44.3 cm³/mol. The summed E-state index contributed by atoms with van der Waals surface area (Å²) in [5.41, 5.74) is 0. The first kappa shape index (κ1) is 12.7. The van der Waals surface area contributed by atoms with Gasteiger partial charge in [-0.3, -0.25) is 0 Å². The minimum absolute atomic E-state index is 0.408. The number of rotatable bonds is 1. The smallest absolute Gasteiger partial charge is 0.200 e. The van der Waals surface area contributed by atoms with Crippen molar-refractivity contribution in [2.75, 3.05) is 0 Å². The summed E-state index contributed by atoms with van der Waals surface area (Å²) < 4.78 is 49.6. The Morgan fingerprint density at radius 2 is 1.31 bits per heavy atom. The maximum absolute atomic E-state index is 12.4. The molecule has 1 aliphatic rings. The van der Waals surface area contributed by atoms with Gasteiger partial charge in [0, 0.05) is 12.8 Å². The molecule has 0 saturated heterocycles. The Morgan fingerprint density at radius 1 is 1.00 bits per heavy atom. The molecule has 1 rings (SSSR count). The summed E-state index contributed by atoms with van der Waals surface area (Å²) in [6.45, 7) is 5.65. The fourth-order valence-electron chi connectivity index (χ4n) is 1.38. The van der Waals surface area contributed by atoms with Crippen molar-refractivity contribution < 1.29 is 17.6 Å². The van der Waals surface area contributed by atoms with Gasteiger partial charge in [-0.2, -0.15) is 17.6 Å². The van der Waals surface area contributed by atoms with Crippen molar-refractivity contribution >= 4 is 0 Å². The highest BCUT2D eigenvalue weighted by atomic mass is 19.3. The molecular weight excluding hydrogens is 184 g/mol. The maximum atomic E-state index is 12.4. The first-order chi connectivity index (χ1) is 5.89. The Kier molecular flexibility index (Phi) is 4.20. The van der Waals surface area contributed by atoms with Crippen LogP contribution in [0.1, 0.15) is 40.0 Å². The standard InChI is InChI=1S/C7H10F4.C2H6/c1-2-5-3-6(8,9)7(10,11)4-5;1-2/h5H,2-4H2,1H3;1-2H3. The van der Waals surface area contributed by atoms with Crippen LogP contribution in [0, 0.1) is 5.92 Å². The highest BCUT2D eigenvalue weighted by Gasteiger charge is 2.62. The second-order valence-electron chi connectivity index (χ2n) is 3.09. The van der Waals surface area contributed by atoms with Crippen LogP contribution in [0.4, 0.5) is 17.6 Å². The Morgan fingerprint density at radius 3 is 1.46 bits per heavy atom. The van der Waals surface area contributed by atoms with Crippen LogP contribution in [0.3, 0.4) is 0 Å². The van der Waals surface area contributed by atoms with Gasteiger partial charge >= 0.3 is 11.8 Å². The van der Waals surface area contributed by atoms with Gasteiger partial charge in [0.05, 0.1) is 0 Å². The summed E-state index contributed by atoms with van der Waals surface area (Å²) in [6, 6.07) is 0. The van der Waals surface area contributed by atoms with Crippen molar-refractivity contribution in [1.82, 2.24) is 0 Å². The monoisotopic (exact) mass is 200 g/mol. The van der Waals surface area contributed by atoms with Gasteiger partial charge in [-0.05, 0) is 5.92 Å². The van der Waals surface area contributed by atoms with Crippen LogP contribution >= 0.6 is 0 Å². The van der Waals surface area contributed by atoms with E-state index in [9.17, 15) is 17.6 Å². The third kappa shape index (κ3) is 2.58. The van der Waals surface area contributed by atoms with E-state index in [1.165, 1.54) is 0 Å². The van der Waals surface area contributed by atoms with Crippen LogP contribution in [-0.2, 0) is 0 Å². The Balaban J connectivity index is 0.000000671. The molecule has 0 aromatic rings. The average molecular weight is 200 g/mol. The highest BCUT2D eigenvalue weighted by Crippen LogP contribution is 2.51. The normalized spacial score (nSPS) is 25.2. The van der Waals surface area contributed by atoms with Crippen LogP contribution < -0.4 is 0 Å². The zero-order valence-corrected chi connectivity index (χ0v) is 8.21. The number of halogens is 4. The summed E-state index contributed by atoms with van der Waals surface area (Å²) in [4.78, 5) is 0. The Bertz CT molecular complexity index is 138. The van der Waals surface area contributed by atoms with Gasteiger partial charge < -0.3 is 0 Å². The minimum atomic E-state index is -3.77. The molecule has 0 atom stereocenters. The maximum Gasteiger partial charge on any atom is 0.310 e. The van der Waals surface area contributed by atoms with E-state index in [0.29, 0.717) is 6.42 Å². The predicted octanol–water partition coefficient (Wildman–Crippen LogP) is 4.10. The third-order valence-corrected chi connectivity index (χ3v) is 2.20. The molecule has 1 saturated carbocycles. The van der Waals surface area contributed by atoms with Crippen molar-refractivity contribution in [2.24, 2.45) is 5.92 Å². The van der Waals surface area contributed by atoms with E-state index in [-0.39, 0.29) is 0 Å². The van der Waals surface area contributed by atoms with Crippen LogP contribution in [0.25, 0.3) is 0 Å². The first-order valence-corrected chi connectivity index (χ1v) is 4.64. The lowest BCUT2D eigenvalue weighted by molar-refractivity contribution is -0.185. The fourth-order valence-corrected chi connectivity index (χ4v) is 1.38. The van der Waals surface area contributed by atoms with Gasteiger partial charge in [-0.25, -0.2) is 0 Å². The van der Waals surface area contributed by atoms with E-state index in [0.717, 1.165) is 0 Å². The average Bonchev–Trinajstić information content (AvgIpc) is 2.25. The van der Waals surface area contributed by atoms with Crippen molar-refractivity contribution in [3.63, 3.8) is 0 Å². The summed E-state index contributed by atoms with van der Waals surface area (Å²) in [6.07, 6.45) is -0.905. The van der Waals surface area contributed by atoms with Crippen molar-refractivity contribution in [3.05, 3.63) is 0 Å². The molecule has 0 spiro atoms. The molecule has 0 bridgehead atoms. The van der Waals surface area contributed by atoms with E-state index >= 15 is 0 Å². The van der Waals surface area contributed by atoms with Gasteiger partial charge in [-0.1, -0.05) is 27.2 Å². The lowest BCUT2D eigenvalue weighted by atomic mass is 10.1. The molecule has 13 heavy (non-hydrogen) atoms. The molecule has 1 fully saturated rings. The van der Waals surface area contributed by atoms with Crippen LogP contribution in [-0.4, -0.2) is 11.8 Å². The van der Waals surface area contributed by atoms with E-state index < -0.39 is 30.6 Å². The number of hydrogen-bond donors (Lipinski definition) is 0. The molecule has 0 unspecified atom stereocenters. The van der Waals surface area contributed by atoms with Crippen LogP contribution in [0.5, 0.6) is 0 Å². The van der Waals surface area contributed by atoms with E-state index in [4.69, 9.17) is 0 Å². The lowest BCUT2D eigenvalue weighted by Gasteiger charge is -2.16. The lowest BCUT2D eigenvalue weighted by Crippen LogP contribution is -2.33. The summed E-state index contributed by atoms with van der Waals surface area (Å²) >= 11 is 0. The largest absolute Gasteiger partial charge is 0.310 e. The summed E-state index contributed by atoms with van der Waals surface area (Å²) in [7, 11) is 0. The number of hydrogen-bond acceptors (Lipinski definition) is 0. The molecule has 1 aliphatic carbocycles. The molecule has 0 aromatic heterocycles. The van der Waals surface area contributed by atoms with Crippen molar-refractivity contribution in [1.29, 1.82) is 0 Å². The molecule has 0 aromatic carbocycles. The second kappa shape index (κ2) is 4.29. The first-order valence-electron chi connectivity index (χ1n) is 4.64. The van der Waals surface area contributed by atoms with E-state index in [1.807, 2.05) is 13.8 Å². The minimum Gasteiger partial charge on any atom is -0.200 e. The highest BCUT2D eigenvalue weighted by molar-refractivity contribution is 4.95. The van der Waals surface area contributed by atoms with Crippen LogP contribution in [0.15, 0.2) is 0 Å². The summed E-state index contributed by atoms with van der Waals surface area (Å²) in [5.74, 6) is -8.05. The van der Waals surface area contributed by atoms with Crippen molar-refractivity contribution in [2.45, 2.75) is 51.9 Å². The quantitative estimate of drug-likeness (QED) is 0.559. The molecule has 0 heterocycles. The molecule has 80 valence electrons. The van der Waals surface area contributed by atoms with E-state index in [1.54, 1.807) is 6.92 Å². The van der Waals surface area contributed by atoms with Gasteiger partial charge in [0.25, 0.3) is 0 Å². The van der Waals surface area contributed by atoms with Gasteiger partial charge in [0.15, 0.2) is 0 Å². The Labute approximate surface area is 76.3 Å². The third-order valence-electron chi connectivity index (χ3n) is 2.20.